The fourth-order valence-electron chi connectivity index (χ4n) is 2.76. The van der Waals surface area contributed by atoms with Crippen molar-refractivity contribution in [2.45, 2.75) is 6.10 Å². The summed E-state index contributed by atoms with van der Waals surface area (Å²) >= 11 is 0. The van der Waals surface area contributed by atoms with Gasteiger partial charge in [0.05, 0.1) is 12.4 Å². The van der Waals surface area contributed by atoms with E-state index in [-0.39, 0.29) is 19.2 Å². The lowest BCUT2D eigenvalue weighted by Gasteiger charge is -2.13. The Labute approximate surface area is 150 Å². The van der Waals surface area contributed by atoms with Crippen molar-refractivity contribution in [3.8, 4) is 22.8 Å². The number of carbonyl (C=O) groups excluding carboxylic acids is 1. The van der Waals surface area contributed by atoms with Gasteiger partial charge in [0.25, 0.3) is 5.91 Å². The molecule has 26 heavy (non-hydrogen) atoms. The van der Waals surface area contributed by atoms with Gasteiger partial charge in [0, 0.05) is 17.7 Å². The summed E-state index contributed by atoms with van der Waals surface area (Å²) in [4.78, 5) is 12.3. The number of aliphatic hydroxyl groups excluding tert-OH is 1. The van der Waals surface area contributed by atoms with E-state index in [1.807, 2.05) is 36.4 Å². The normalized spacial score (nSPS) is 13.4. The summed E-state index contributed by atoms with van der Waals surface area (Å²) < 4.78 is 15.8. The number of ether oxygens (including phenoxy) is 2. The van der Waals surface area contributed by atoms with Crippen molar-refractivity contribution in [1.82, 2.24) is 5.32 Å². The largest absolute Gasteiger partial charge is 0.464 e. The fourth-order valence-corrected chi connectivity index (χ4v) is 2.76. The highest BCUT2D eigenvalue weighted by molar-refractivity contribution is 5.94. The maximum atomic E-state index is 12.3. The minimum atomic E-state index is -0.807. The number of hydrogen-bond donors (Lipinski definition) is 2. The third kappa shape index (κ3) is 3.27. The zero-order chi connectivity index (χ0) is 17.9. The first-order valence-electron chi connectivity index (χ1n) is 8.20. The molecule has 0 bridgehead atoms. The van der Waals surface area contributed by atoms with E-state index in [2.05, 4.69) is 5.32 Å². The lowest BCUT2D eigenvalue weighted by molar-refractivity contribution is 0.0916. The van der Waals surface area contributed by atoms with E-state index in [9.17, 15) is 9.90 Å². The lowest BCUT2D eigenvalue weighted by atomic mass is 10.1. The van der Waals surface area contributed by atoms with Crippen LogP contribution in [0.25, 0.3) is 11.3 Å². The Balaban J connectivity index is 1.37. The molecule has 0 radical (unpaired) electrons. The molecule has 132 valence electrons. The maximum absolute atomic E-state index is 12.3. The lowest BCUT2D eigenvalue weighted by Crippen LogP contribution is -2.28. The molecule has 1 aliphatic rings. The standard InChI is InChI=1S/C20H17NO5/c22-16(13-3-5-14(6-4-13)17-2-1-9-24-17)11-21-20(23)15-7-8-18-19(10-15)26-12-25-18/h1-10,16,22H,11-12H2,(H,21,23). The summed E-state index contributed by atoms with van der Waals surface area (Å²) in [6.07, 6.45) is 0.808. The molecule has 0 saturated heterocycles. The second kappa shape index (κ2) is 6.93. The highest BCUT2D eigenvalue weighted by Crippen LogP contribution is 2.32. The first-order chi connectivity index (χ1) is 12.7. The molecule has 3 aromatic rings. The Hall–Kier alpha value is -3.25. The van der Waals surface area contributed by atoms with Crippen LogP contribution >= 0.6 is 0 Å². The van der Waals surface area contributed by atoms with E-state index < -0.39 is 6.10 Å². The number of hydrogen-bond acceptors (Lipinski definition) is 5. The molecular formula is C20H17NO5. The van der Waals surface area contributed by atoms with Crippen molar-refractivity contribution in [3.05, 3.63) is 72.0 Å². The van der Waals surface area contributed by atoms with Gasteiger partial charge in [-0.3, -0.25) is 4.79 Å². The van der Waals surface area contributed by atoms with E-state index in [0.717, 1.165) is 11.3 Å². The predicted molar refractivity (Wildman–Crippen MR) is 94.0 cm³/mol. The highest BCUT2D eigenvalue weighted by Gasteiger charge is 2.17. The summed E-state index contributed by atoms with van der Waals surface area (Å²) in [6, 6.07) is 16.1. The smallest absolute Gasteiger partial charge is 0.251 e. The fraction of sp³-hybridized carbons (Fsp3) is 0.150. The molecule has 0 aliphatic carbocycles. The van der Waals surface area contributed by atoms with E-state index in [1.165, 1.54) is 0 Å². The number of nitrogens with one attached hydrogen (secondary N) is 1. The van der Waals surface area contributed by atoms with Gasteiger partial charge in [0.2, 0.25) is 6.79 Å². The number of rotatable bonds is 5. The second-order valence-electron chi connectivity index (χ2n) is 5.89. The van der Waals surface area contributed by atoms with Gasteiger partial charge < -0.3 is 24.3 Å². The molecule has 1 aliphatic heterocycles. The summed E-state index contributed by atoms with van der Waals surface area (Å²) in [5.74, 6) is 1.65. The predicted octanol–water partition coefficient (Wildman–Crippen LogP) is 3.14. The van der Waals surface area contributed by atoms with Gasteiger partial charge in [-0.15, -0.1) is 0 Å². The van der Waals surface area contributed by atoms with E-state index in [4.69, 9.17) is 13.9 Å². The van der Waals surface area contributed by atoms with Gasteiger partial charge >= 0.3 is 0 Å². The maximum Gasteiger partial charge on any atom is 0.251 e. The minimum absolute atomic E-state index is 0.105. The van der Waals surface area contributed by atoms with Crippen LogP contribution in [0.3, 0.4) is 0 Å². The molecule has 2 N–H and O–H groups in total. The van der Waals surface area contributed by atoms with Crippen molar-refractivity contribution < 1.29 is 23.8 Å². The molecular weight excluding hydrogens is 334 g/mol. The molecule has 0 spiro atoms. The van der Waals surface area contributed by atoms with Crippen LogP contribution in [0.15, 0.2) is 65.3 Å². The number of aliphatic hydroxyl groups is 1. The van der Waals surface area contributed by atoms with Crippen molar-refractivity contribution in [3.63, 3.8) is 0 Å². The number of fused-ring (bicyclic) bond motifs is 1. The van der Waals surface area contributed by atoms with Crippen LogP contribution in [-0.4, -0.2) is 24.4 Å². The Bertz CT molecular complexity index is 902. The molecule has 2 heterocycles. The Morgan fingerprint density at radius 2 is 1.88 bits per heavy atom. The molecule has 1 unspecified atom stereocenters. The third-order valence-electron chi connectivity index (χ3n) is 4.19. The topological polar surface area (TPSA) is 80.9 Å². The summed E-state index contributed by atoms with van der Waals surface area (Å²) in [7, 11) is 0. The van der Waals surface area contributed by atoms with Crippen LogP contribution in [0.1, 0.15) is 22.0 Å². The van der Waals surface area contributed by atoms with E-state index in [0.29, 0.717) is 22.6 Å². The van der Waals surface area contributed by atoms with Crippen LogP contribution in [0.2, 0.25) is 0 Å². The Morgan fingerprint density at radius 1 is 1.08 bits per heavy atom. The van der Waals surface area contributed by atoms with Crippen LogP contribution in [-0.2, 0) is 0 Å². The quantitative estimate of drug-likeness (QED) is 0.738. The van der Waals surface area contributed by atoms with E-state index in [1.54, 1.807) is 24.5 Å². The van der Waals surface area contributed by atoms with Crippen LogP contribution in [0.4, 0.5) is 0 Å². The molecule has 1 aromatic heterocycles. The number of carbonyl (C=O) groups is 1. The monoisotopic (exact) mass is 351 g/mol. The molecule has 4 rings (SSSR count). The summed E-state index contributed by atoms with van der Waals surface area (Å²) in [6.45, 7) is 0.264. The van der Waals surface area contributed by atoms with Crippen molar-refractivity contribution in [2.24, 2.45) is 0 Å². The van der Waals surface area contributed by atoms with Crippen molar-refractivity contribution in [1.29, 1.82) is 0 Å². The number of amides is 1. The number of benzene rings is 2. The average Bonchev–Trinajstić information content (AvgIpc) is 3.37. The van der Waals surface area contributed by atoms with Crippen molar-refractivity contribution in [2.75, 3.05) is 13.3 Å². The molecule has 1 atom stereocenters. The summed E-state index contributed by atoms with van der Waals surface area (Å²) in [5.41, 5.74) is 2.09. The highest BCUT2D eigenvalue weighted by atomic mass is 16.7. The average molecular weight is 351 g/mol. The molecule has 0 saturated carbocycles. The van der Waals surface area contributed by atoms with Gasteiger partial charge in [-0.1, -0.05) is 24.3 Å². The number of furan rings is 1. The molecule has 6 heteroatoms. The van der Waals surface area contributed by atoms with Gasteiger partial charge in [-0.05, 0) is 35.9 Å². The SMILES string of the molecule is O=C(NCC(O)c1ccc(-c2ccco2)cc1)c1ccc2c(c1)OCO2. The molecule has 0 fully saturated rings. The van der Waals surface area contributed by atoms with Gasteiger partial charge in [0.1, 0.15) is 5.76 Å². The molecule has 6 nitrogen and oxygen atoms in total. The zero-order valence-corrected chi connectivity index (χ0v) is 13.8. The minimum Gasteiger partial charge on any atom is -0.464 e. The van der Waals surface area contributed by atoms with Gasteiger partial charge in [-0.25, -0.2) is 0 Å². The first kappa shape index (κ1) is 16.2. The van der Waals surface area contributed by atoms with Crippen molar-refractivity contribution >= 4 is 5.91 Å². The van der Waals surface area contributed by atoms with Gasteiger partial charge in [0.15, 0.2) is 11.5 Å². The molecule has 2 aromatic carbocycles. The van der Waals surface area contributed by atoms with Gasteiger partial charge in [-0.2, -0.15) is 0 Å². The Morgan fingerprint density at radius 3 is 2.65 bits per heavy atom. The molecule has 1 amide bonds. The van der Waals surface area contributed by atoms with Crippen LogP contribution in [0, 0.1) is 0 Å². The second-order valence-corrected chi connectivity index (χ2v) is 5.89. The first-order valence-corrected chi connectivity index (χ1v) is 8.20. The van der Waals surface area contributed by atoms with E-state index >= 15 is 0 Å². The zero-order valence-electron chi connectivity index (χ0n) is 13.8. The summed E-state index contributed by atoms with van der Waals surface area (Å²) in [5, 5.41) is 13.0. The van der Waals surface area contributed by atoms with Crippen LogP contribution in [0.5, 0.6) is 11.5 Å². The Kier molecular flexibility index (Phi) is 4.33. The third-order valence-corrected chi connectivity index (χ3v) is 4.19. The van der Waals surface area contributed by atoms with Crippen LogP contribution < -0.4 is 14.8 Å².